The second-order valence-corrected chi connectivity index (χ2v) is 8.22. The largest absolute Gasteiger partial charge is 0.507 e. The van der Waals surface area contributed by atoms with Crippen LogP contribution in [0.3, 0.4) is 0 Å². The van der Waals surface area contributed by atoms with Crippen molar-refractivity contribution in [2.75, 3.05) is 6.54 Å². The highest BCUT2D eigenvalue weighted by Crippen LogP contribution is 2.40. The van der Waals surface area contributed by atoms with Crippen LogP contribution in [0.2, 0.25) is 10.0 Å². The molecule has 1 aliphatic rings. The number of nitrogens with zero attached hydrogens (tertiary/aromatic N) is 1. The average molecular weight is 470 g/mol. The Hall–Kier alpha value is -3.15. The molecule has 0 aromatic heterocycles. The van der Waals surface area contributed by atoms with Crippen LogP contribution in [0.15, 0.2) is 78.4 Å². The monoisotopic (exact) mass is 469 g/mol. The highest BCUT2D eigenvalue weighted by molar-refractivity contribution is 6.46. The summed E-state index contributed by atoms with van der Waals surface area (Å²) >= 11 is 12.1. The number of aliphatic hydroxyl groups excluding tert-OH is 1. The zero-order valence-electron chi connectivity index (χ0n) is 16.8. The van der Waals surface area contributed by atoms with Crippen LogP contribution in [0, 0.1) is 5.82 Å². The van der Waals surface area contributed by atoms with Crippen LogP contribution in [0.25, 0.3) is 5.76 Å². The van der Waals surface area contributed by atoms with Crippen LogP contribution in [0.1, 0.15) is 22.7 Å². The average Bonchev–Trinajstić information content (AvgIpc) is 3.05. The standard InChI is InChI=1S/C25H18Cl2FNO3/c26-19-11-8-17(14-20(19)27)23(30)21-22(16-4-2-1-3-5-16)29(25(32)24(21)31)13-12-15-6-9-18(28)10-7-15/h1-11,14,22,30H,12-13H2/b23-21-. The topological polar surface area (TPSA) is 57.6 Å². The number of rotatable bonds is 5. The summed E-state index contributed by atoms with van der Waals surface area (Å²) < 4.78 is 13.2. The van der Waals surface area contributed by atoms with Crippen molar-refractivity contribution < 1.29 is 19.1 Å². The fraction of sp³-hybridized carbons (Fsp3) is 0.120. The van der Waals surface area contributed by atoms with E-state index in [1.807, 2.05) is 6.07 Å². The minimum absolute atomic E-state index is 0.0151. The Morgan fingerprint density at radius 3 is 2.28 bits per heavy atom. The molecule has 0 radical (unpaired) electrons. The number of carbonyl (C=O) groups excluding carboxylic acids is 2. The van der Waals surface area contributed by atoms with Gasteiger partial charge in [0.2, 0.25) is 0 Å². The van der Waals surface area contributed by atoms with Gasteiger partial charge in [-0.25, -0.2) is 4.39 Å². The van der Waals surface area contributed by atoms with Crippen molar-refractivity contribution in [2.24, 2.45) is 0 Å². The van der Waals surface area contributed by atoms with Gasteiger partial charge < -0.3 is 10.0 Å². The Kier molecular flexibility index (Phi) is 6.31. The van der Waals surface area contributed by atoms with E-state index >= 15 is 0 Å². The van der Waals surface area contributed by atoms with Crippen LogP contribution in [-0.2, 0) is 16.0 Å². The fourth-order valence-electron chi connectivity index (χ4n) is 3.79. The molecule has 3 aromatic carbocycles. The summed E-state index contributed by atoms with van der Waals surface area (Å²) in [6.45, 7) is 0.216. The molecular weight excluding hydrogens is 452 g/mol. The van der Waals surface area contributed by atoms with E-state index in [0.717, 1.165) is 5.56 Å². The Bertz CT molecular complexity index is 1210. The molecule has 1 amide bonds. The molecular formula is C25H18Cl2FNO3. The molecule has 1 heterocycles. The summed E-state index contributed by atoms with van der Waals surface area (Å²) in [4.78, 5) is 27.4. The number of benzene rings is 3. The maximum absolute atomic E-state index is 13.2. The number of carbonyl (C=O) groups is 2. The summed E-state index contributed by atoms with van der Waals surface area (Å²) in [5.74, 6) is -2.15. The van der Waals surface area contributed by atoms with Gasteiger partial charge in [0.1, 0.15) is 11.6 Å². The number of halogens is 3. The molecule has 32 heavy (non-hydrogen) atoms. The van der Waals surface area contributed by atoms with E-state index in [-0.39, 0.29) is 34.3 Å². The smallest absolute Gasteiger partial charge is 0.295 e. The Morgan fingerprint density at radius 2 is 1.62 bits per heavy atom. The van der Waals surface area contributed by atoms with Crippen molar-refractivity contribution in [1.29, 1.82) is 0 Å². The van der Waals surface area contributed by atoms with Crippen molar-refractivity contribution >= 4 is 40.7 Å². The molecule has 0 spiro atoms. The number of aliphatic hydroxyl groups is 1. The van der Waals surface area contributed by atoms with E-state index < -0.39 is 17.7 Å². The van der Waals surface area contributed by atoms with Crippen LogP contribution in [0.5, 0.6) is 0 Å². The zero-order chi connectivity index (χ0) is 22.8. The van der Waals surface area contributed by atoms with Crippen LogP contribution in [0.4, 0.5) is 4.39 Å². The van der Waals surface area contributed by atoms with Gasteiger partial charge in [0.05, 0.1) is 21.7 Å². The molecule has 1 unspecified atom stereocenters. The molecule has 4 nitrogen and oxygen atoms in total. The van der Waals surface area contributed by atoms with Crippen molar-refractivity contribution in [3.8, 4) is 0 Å². The van der Waals surface area contributed by atoms with E-state index in [4.69, 9.17) is 23.2 Å². The minimum atomic E-state index is -0.776. The van der Waals surface area contributed by atoms with Crippen LogP contribution in [-0.4, -0.2) is 28.2 Å². The highest BCUT2D eigenvalue weighted by Gasteiger charge is 2.45. The second kappa shape index (κ2) is 9.15. The van der Waals surface area contributed by atoms with Crippen molar-refractivity contribution in [2.45, 2.75) is 12.5 Å². The van der Waals surface area contributed by atoms with Gasteiger partial charge in [-0.2, -0.15) is 0 Å². The maximum Gasteiger partial charge on any atom is 0.295 e. The molecule has 1 N–H and O–H groups in total. The SMILES string of the molecule is O=C1C(=O)N(CCc2ccc(F)cc2)C(c2ccccc2)/C1=C(/O)c1ccc(Cl)c(Cl)c1. The first-order valence-electron chi connectivity index (χ1n) is 9.90. The molecule has 1 atom stereocenters. The molecule has 0 aliphatic carbocycles. The van der Waals surface area contributed by atoms with Gasteiger partial charge in [0.25, 0.3) is 11.7 Å². The van der Waals surface area contributed by atoms with Gasteiger partial charge in [-0.3, -0.25) is 9.59 Å². The van der Waals surface area contributed by atoms with E-state index in [1.54, 1.807) is 36.4 Å². The lowest BCUT2D eigenvalue weighted by atomic mass is 9.95. The van der Waals surface area contributed by atoms with Gasteiger partial charge in [0, 0.05) is 12.1 Å². The Balaban J connectivity index is 1.76. The lowest BCUT2D eigenvalue weighted by Crippen LogP contribution is -2.31. The molecule has 0 saturated carbocycles. The minimum Gasteiger partial charge on any atom is -0.507 e. The third kappa shape index (κ3) is 4.27. The Labute approximate surface area is 194 Å². The van der Waals surface area contributed by atoms with Gasteiger partial charge in [-0.05, 0) is 47.9 Å². The van der Waals surface area contributed by atoms with E-state index in [0.29, 0.717) is 17.0 Å². The molecule has 0 bridgehead atoms. The summed E-state index contributed by atoms with van der Waals surface area (Å²) in [6.07, 6.45) is 0.420. The number of hydrogen-bond donors (Lipinski definition) is 1. The number of amides is 1. The summed E-state index contributed by atoms with van der Waals surface area (Å²) in [5.41, 5.74) is 1.78. The lowest BCUT2D eigenvalue weighted by molar-refractivity contribution is -0.139. The number of Topliss-reactive ketones (excluding diaryl/α,β-unsaturated/α-hetero) is 1. The summed E-state index contributed by atoms with van der Waals surface area (Å²) in [6, 6.07) is 18.7. The van der Waals surface area contributed by atoms with Crippen molar-refractivity contribution in [3.63, 3.8) is 0 Å². The van der Waals surface area contributed by atoms with Crippen LogP contribution >= 0.6 is 23.2 Å². The van der Waals surface area contributed by atoms with E-state index in [2.05, 4.69) is 0 Å². The second-order valence-electron chi connectivity index (χ2n) is 7.41. The van der Waals surface area contributed by atoms with E-state index in [9.17, 15) is 19.1 Å². The number of likely N-dealkylation sites (tertiary alicyclic amines) is 1. The quantitative estimate of drug-likeness (QED) is 0.292. The molecule has 7 heteroatoms. The zero-order valence-corrected chi connectivity index (χ0v) is 18.3. The predicted octanol–water partition coefficient (Wildman–Crippen LogP) is 5.80. The van der Waals surface area contributed by atoms with Crippen LogP contribution < -0.4 is 0 Å². The third-order valence-electron chi connectivity index (χ3n) is 5.40. The molecule has 1 saturated heterocycles. The number of hydrogen-bond acceptors (Lipinski definition) is 3. The van der Waals surface area contributed by atoms with Crippen molar-refractivity contribution in [3.05, 3.63) is 111 Å². The lowest BCUT2D eigenvalue weighted by Gasteiger charge is -2.25. The number of ketones is 1. The van der Waals surface area contributed by atoms with Gasteiger partial charge >= 0.3 is 0 Å². The fourth-order valence-corrected chi connectivity index (χ4v) is 4.09. The normalized spacial score (nSPS) is 17.7. The molecule has 3 aromatic rings. The summed E-state index contributed by atoms with van der Waals surface area (Å²) in [7, 11) is 0. The van der Waals surface area contributed by atoms with Gasteiger partial charge in [-0.1, -0.05) is 65.7 Å². The van der Waals surface area contributed by atoms with E-state index in [1.165, 1.54) is 35.2 Å². The first-order valence-corrected chi connectivity index (χ1v) is 10.7. The molecule has 162 valence electrons. The maximum atomic E-state index is 13.2. The molecule has 1 aliphatic heterocycles. The predicted molar refractivity (Wildman–Crippen MR) is 122 cm³/mol. The summed E-state index contributed by atoms with van der Waals surface area (Å²) in [5, 5.41) is 11.6. The first kappa shape index (κ1) is 22.1. The Morgan fingerprint density at radius 1 is 0.938 bits per heavy atom. The molecule has 1 fully saturated rings. The third-order valence-corrected chi connectivity index (χ3v) is 6.14. The van der Waals surface area contributed by atoms with Gasteiger partial charge in [0.15, 0.2) is 0 Å². The van der Waals surface area contributed by atoms with Crippen molar-refractivity contribution in [1.82, 2.24) is 4.90 Å². The first-order chi connectivity index (χ1) is 15.4. The highest BCUT2D eigenvalue weighted by atomic mass is 35.5. The molecule has 4 rings (SSSR count). The van der Waals surface area contributed by atoms with Gasteiger partial charge in [-0.15, -0.1) is 0 Å².